The van der Waals surface area contributed by atoms with Crippen molar-refractivity contribution in [1.82, 2.24) is 15.0 Å². The monoisotopic (exact) mass is 303 g/mol. The molecule has 0 N–H and O–H groups in total. The topological polar surface area (TPSA) is 64.5 Å². The molecule has 4 heterocycles. The molecule has 2 saturated heterocycles. The summed E-state index contributed by atoms with van der Waals surface area (Å²) in [5.41, 5.74) is 0. The van der Waals surface area contributed by atoms with Crippen LogP contribution in [-0.2, 0) is 17.7 Å². The molecule has 2 aromatic heterocycles. The van der Waals surface area contributed by atoms with E-state index >= 15 is 0 Å². The van der Waals surface area contributed by atoms with Crippen LogP contribution in [0.2, 0.25) is 0 Å². The summed E-state index contributed by atoms with van der Waals surface area (Å²) in [6.45, 7) is 6.74. The Morgan fingerprint density at radius 3 is 2.86 bits per heavy atom. The van der Waals surface area contributed by atoms with E-state index < -0.39 is 0 Å². The number of ether oxygens (including phenoxy) is 1. The van der Waals surface area contributed by atoms with Gasteiger partial charge in [0.25, 0.3) is 0 Å². The summed E-state index contributed by atoms with van der Waals surface area (Å²) in [6, 6.07) is 4.08. The van der Waals surface area contributed by atoms with Gasteiger partial charge < -0.3 is 13.7 Å². The van der Waals surface area contributed by atoms with E-state index in [4.69, 9.17) is 13.7 Å². The van der Waals surface area contributed by atoms with Gasteiger partial charge in [-0.05, 0) is 32.4 Å². The molecule has 4 rings (SSSR count). The van der Waals surface area contributed by atoms with Crippen LogP contribution in [0, 0.1) is 19.8 Å². The molecule has 22 heavy (non-hydrogen) atoms. The molecule has 118 valence electrons. The van der Waals surface area contributed by atoms with Crippen molar-refractivity contribution < 1.29 is 13.7 Å². The molecule has 0 saturated carbocycles. The van der Waals surface area contributed by atoms with Gasteiger partial charge in [-0.25, -0.2) is 0 Å². The maximum Gasteiger partial charge on any atom is 0.229 e. The van der Waals surface area contributed by atoms with Crippen molar-refractivity contribution in [2.45, 2.75) is 45.4 Å². The summed E-state index contributed by atoms with van der Waals surface area (Å²) in [4.78, 5) is 6.68. The molecule has 2 aliphatic heterocycles. The first-order valence-corrected chi connectivity index (χ1v) is 7.88. The lowest BCUT2D eigenvalue weighted by molar-refractivity contribution is 0.0338. The van der Waals surface area contributed by atoms with Crippen LogP contribution in [0.4, 0.5) is 0 Å². The number of rotatable bonds is 4. The average Bonchev–Trinajstić information content (AvgIpc) is 3.18. The second-order valence-corrected chi connectivity index (χ2v) is 6.44. The van der Waals surface area contributed by atoms with Gasteiger partial charge in [0.2, 0.25) is 5.89 Å². The van der Waals surface area contributed by atoms with Crippen LogP contribution < -0.4 is 0 Å². The van der Waals surface area contributed by atoms with Crippen molar-refractivity contribution in [3.8, 4) is 0 Å². The van der Waals surface area contributed by atoms with E-state index in [2.05, 4.69) is 21.1 Å². The zero-order chi connectivity index (χ0) is 15.1. The molecule has 0 radical (unpaired) electrons. The molecule has 2 aromatic rings. The van der Waals surface area contributed by atoms with E-state index in [9.17, 15) is 0 Å². The van der Waals surface area contributed by atoms with Gasteiger partial charge in [-0.15, -0.1) is 0 Å². The Morgan fingerprint density at radius 1 is 1.27 bits per heavy atom. The van der Waals surface area contributed by atoms with Gasteiger partial charge in [0.1, 0.15) is 11.5 Å². The average molecular weight is 303 g/mol. The number of fused-ring (bicyclic) bond motifs is 1. The Morgan fingerprint density at radius 2 is 2.18 bits per heavy atom. The van der Waals surface area contributed by atoms with Crippen molar-refractivity contribution in [3.63, 3.8) is 0 Å². The molecule has 0 aromatic carbocycles. The van der Waals surface area contributed by atoms with Crippen LogP contribution in [0.3, 0.4) is 0 Å². The fourth-order valence-electron chi connectivity index (χ4n) is 3.62. The van der Waals surface area contributed by atoms with Crippen molar-refractivity contribution in [1.29, 1.82) is 0 Å². The van der Waals surface area contributed by atoms with Crippen LogP contribution in [-0.4, -0.2) is 40.3 Å². The predicted molar refractivity (Wildman–Crippen MR) is 78.2 cm³/mol. The Balaban J connectivity index is 1.30. The molecule has 6 heteroatoms. The van der Waals surface area contributed by atoms with Crippen LogP contribution in [0.25, 0.3) is 0 Å². The quantitative estimate of drug-likeness (QED) is 0.862. The number of likely N-dealkylation sites (tertiary alicyclic amines) is 1. The standard InChI is InChI=1S/C16H21N3O3/c1-10-3-4-13(20-10)8-19-7-12-5-14(21-15(12)9-19)6-16-17-11(2)18-22-16/h3-4,12,14-15H,5-9H2,1-2H3/t12-,14+,15+/m0/s1. The lowest BCUT2D eigenvalue weighted by Crippen LogP contribution is -2.25. The summed E-state index contributed by atoms with van der Waals surface area (Å²) in [7, 11) is 0. The maximum atomic E-state index is 6.17. The van der Waals surface area contributed by atoms with Gasteiger partial charge in [0, 0.05) is 19.0 Å². The van der Waals surface area contributed by atoms with Gasteiger partial charge in [0.05, 0.1) is 25.2 Å². The first-order valence-electron chi connectivity index (χ1n) is 7.88. The predicted octanol–water partition coefficient (Wildman–Crippen LogP) is 2.11. The Bertz CT molecular complexity index is 582. The highest BCUT2D eigenvalue weighted by Crippen LogP contribution is 2.34. The molecule has 6 nitrogen and oxygen atoms in total. The number of furan rings is 1. The Labute approximate surface area is 129 Å². The van der Waals surface area contributed by atoms with Crippen LogP contribution in [0.15, 0.2) is 21.1 Å². The molecule has 3 atom stereocenters. The minimum Gasteiger partial charge on any atom is -0.465 e. The Hall–Kier alpha value is -1.66. The molecule has 0 spiro atoms. The number of aryl methyl sites for hydroxylation is 2. The number of hydrogen-bond donors (Lipinski definition) is 0. The van der Waals surface area contributed by atoms with E-state index in [-0.39, 0.29) is 6.10 Å². The number of aromatic nitrogens is 2. The van der Waals surface area contributed by atoms with Gasteiger partial charge in [-0.1, -0.05) is 5.16 Å². The molecule has 0 amide bonds. The van der Waals surface area contributed by atoms with E-state index in [1.165, 1.54) is 0 Å². The summed E-state index contributed by atoms with van der Waals surface area (Å²) in [5.74, 6) is 3.99. The lowest BCUT2D eigenvalue weighted by Gasteiger charge is -2.17. The summed E-state index contributed by atoms with van der Waals surface area (Å²) in [5, 5.41) is 3.83. The molecule has 2 aliphatic rings. The first-order chi connectivity index (χ1) is 10.7. The molecular formula is C16H21N3O3. The van der Waals surface area contributed by atoms with E-state index in [0.717, 1.165) is 44.0 Å². The largest absolute Gasteiger partial charge is 0.465 e. The maximum absolute atomic E-state index is 6.17. The molecule has 2 fully saturated rings. The fraction of sp³-hybridized carbons (Fsp3) is 0.625. The fourth-order valence-corrected chi connectivity index (χ4v) is 3.62. The van der Waals surface area contributed by atoms with Crippen molar-refractivity contribution in [2.24, 2.45) is 5.92 Å². The van der Waals surface area contributed by atoms with Crippen LogP contribution in [0.1, 0.15) is 29.7 Å². The summed E-state index contributed by atoms with van der Waals surface area (Å²) in [6.07, 6.45) is 2.33. The summed E-state index contributed by atoms with van der Waals surface area (Å²) < 4.78 is 17.0. The highest BCUT2D eigenvalue weighted by Gasteiger charge is 2.42. The molecular weight excluding hydrogens is 282 g/mol. The Kier molecular flexibility index (Phi) is 3.50. The minimum absolute atomic E-state index is 0.211. The second kappa shape index (κ2) is 5.52. The SMILES string of the molecule is Cc1noc(C[C@H]2C[C@H]3CN(Cc4ccc(C)o4)C[C@H]3O2)n1. The highest BCUT2D eigenvalue weighted by atomic mass is 16.5. The van der Waals surface area contributed by atoms with Crippen molar-refractivity contribution in [2.75, 3.05) is 13.1 Å². The van der Waals surface area contributed by atoms with Crippen LogP contribution in [0.5, 0.6) is 0 Å². The van der Waals surface area contributed by atoms with Gasteiger partial charge >= 0.3 is 0 Å². The number of nitrogens with zero attached hydrogens (tertiary/aromatic N) is 3. The minimum atomic E-state index is 0.211. The normalized spacial score (nSPS) is 28.4. The van der Waals surface area contributed by atoms with Crippen molar-refractivity contribution in [3.05, 3.63) is 35.4 Å². The highest BCUT2D eigenvalue weighted by molar-refractivity contribution is 5.06. The van der Waals surface area contributed by atoms with E-state index in [1.807, 2.05) is 19.9 Å². The third-order valence-corrected chi connectivity index (χ3v) is 4.54. The zero-order valence-electron chi connectivity index (χ0n) is 13.0. The molecule has 0 unspecified atom stereocenters. The van der Waals surface area contributed by atoms with Crippen LogP contribution >= 0.6 is 0 Å². The summed E-state index contributed by atoms with van der Waals surface area (Å²) >= 11 is 0. The smallest absolute Gasteiger partial charge is 0.229 e. The third kappa shape index (κ3) is 2.80. The van der Waals surface area contributed by atoms with Crippen molar-refractivity contribution >= 4 is 0 Å². The zero-order valence-corrected chi connectivity index (χ0v) is 13.0. The van der Waals surface area contributed by atoms with Gasteiger partial charge in [-0.3, -0.25) is 4.90 Å². The molecule has 0 bridgehead atoms. The van der Waals surface area contributed by atoms with E-state index in [1.54, 1.807) is 0 Å². The third-order valence-electron chi connectivity index (χ3n) is 4.54. The van der Waals surface area contributed by atoms with Gasteiger partial charge in [0.15, 0.2) is 5.82 Å². The van der Waals surface area contributed by atoms with Gasteiger partial charge in [-0.2, -0.15) is 4.98 Å². The van der Waals surface area contributed by atoms with E-state index in [0.29, 0.717) is 23.7 Å². The molecule has 0 aliphatic carbocycles. The first kappa shape index (κ1) is 14.0. The number of hydrogen-bond acceptors (Lipinski definition) is 6. The second-order valence-electron chi connectivity index (χ2n) is 6.44. The lowest BCUT2D eigenvalue weighted by atomic mass is 10.0.